The van der Waals surface area contributed by atoms with E-state index in [0.717, 1.165) is 6.42 Å². The Kier molecular flexibility index (Phi) is 19.2. The van der Waals surface area contributed by atoms with Crippen LogP contribution in [0.15, 0.2) is 12.7 Å². The maximum Gasteiger partial charge on any atom is 0.330 e. The molecule has 0 aliphatic carbocycles. The standard InChI is InChI=1S/C23H45BrO2Si/c1-4-23(25)26-21-19-17-15-13-11-9-7-5-6-8-10-12-14-16-18-20-22-27(2,3)24/h4H,1,5-22H2,2-3H3. The number of carbonyl (C=O) groups is 1. The molecular weight excluding hydrogens is 416 g/mol. The summed E-state index contributed by atoms with van der Waals surface area (Å²) in [7, 11) is 0. The van der Waals surface area contributed by atoms with E-state index in [-0.39, 0.29) is 5.97 Å². The molecule has 0 heterocycles. The monoisotopic (exact) mass is 460 g/mol. The van der Waals surface area contributed by atoms with E-state index in [2.05, 4.69) is 35.0 Å². The molecule has 0 fully saturated rings. The quantitative estimate of drug-likeness (QED) is 0.0597. The molecule has 0 rings (SSSR count). The van der Waals surface area contributed by atoms with Gasteiger partial charge in [-0.2, -0.15) is 0 Å². The van der Waals surface area contributed by atoms with Crippen LogP contribution in [-0.4, -0.2) is 19.3 Å². The predicted molar refractivity (Wildman–Crippen MR) is 126 cm³/mol. The van der Waals surface area contributed by atoms with E-state index in [1.165, 1.54) is 108 Å². The Balaban J connectivity index is 3.07. The first kappa shape index (κ1) is 26.9. The molecule has 0 unspecified atom stereocenters. The number of hydrogen-bond donors (Lipinski definition) is 0. The van der Waals surface area contributed by atoms with Crippen molar-refractivity contribution in [3.05, 3.63) is 12.7 Å². The SMILES string of the molecule is C=CC(=O)OCCCCCCCCCCCCCCCCCC[Si](C)(C)Br. The fourth-order valence-electron chi connectivity index (χ4n) is 3.35. The second kappa shape index (κ2) is 19.2. The molecule has 0 aromatic rings. The average Bonchev–Trinajstić information content (AvgIpc) is 2.62. The molecule has 0 atom stereocenters. The van der Waals surface area contributed by atoms with Crippen molar-refractivity contribution in [2.45, 2.75) is 122 Å². The van der Waals surface area contributed by atoms with E-state index in [1.807, 2.05) is 0 Å². The van der Waals surface area contributed by atoms with Crippen molar-refractivity contribution >= 4 is 28.0 Å². The summed E-state index contributed by atoms with van der Waals surface area (Å²) in [6, 6.07) is 1.43. The number of carbonyl (C=O) groups excluding carboxylic acids is 1. The highest BCUT2D eigenvalue weighted by atomic mass is 79.9. The number of ether oxygens (including phenoxy) is 1. The van der Waals surface area contributed by atoms with Gasteiger partial charge in [0.25, 0.3) is 0 Å². The van der Waals surface area contributed by atoms with Crippen LogP contribution in [0.1, 0.15) is 103 Å². The first-order valence-electron chi connectivity index (χ1n) is 11.4. The zero-order chi connectivity index (χ0) is 20.2. The van der Waals surface area contributed by atoms with Gasteiger partial charge in [0, 0.05) is 6.08 Å². The van der Waals surface area contributed by atoms with Crippen LogP contribution in [0, 0.1) is 0 Å². The Hall–Kier alpha value is -0.0931. The molecule has 27 heavy (non-hydrogen) atoms. The molecular formula is C23H45BrO2Si. The van der Waals surface area contributed by atoms with Crippen LogP contribution < -0.4 is 0 Å². The van der Waals surface area contributed by atoms with Gasteiger partial charge in [-0.15, -0.1) is 15.3 Å². The van der Waals surface area contributed by atoms with Crippen molar-refractivity contribution in [2.75, 3.05) is 6.61 Å². The Labute approximate surface area is 178 Å². The third kappa shape index (κ3) is 23.9. The minimum atomic E-state index is -0.980. The molecule has 0 N–H and O–H groups in total. The van der Waals surface area contributed by atoms with Crippen molar-refractivity contribution in [2.24, 2.45) is 0 Å². The summed E-state index contributed by atoms with van der Waals surface area (Å²) in [4.78, 5) is 10.9. The zero-order valence-electron chi connectivity index (χ0n) is 18.2. The largest absolute Gasteiger partial charge is 0.463 e. The van der Waals surface area contributed by atoms with Gasteiger partial charge in [-0.05, 0) is 12.5 Å². The van der Waals surface area contributed by atoms with Gasteiger partial charge in [0.15, 0.2) is 0 Å². The second-order valence-corrected chi connectivity index (χ2v) is 18.9. The third-order valence-corrected chi connectivity index (χ3v) is 7.81. The summed E-state index contributed by atoms with van der Waals surface area (Å²) in [6.07, 6.45) is 23.0. The normalized spacial score (nSPS) is 11.5. The highest BCUT2D eigenvalue weighted by Crippen LogP contribution is 2.21. The molecule has 0 spiro atoms. The number of unbranched alkanes of at least 4 members (excludes halogenated alkanes) is 15. The van der Waals surface area contributed by atoms with E-state index in [4.69, 9.17) is 4.74 Å². The topological polar surface area (TPSA) is 26.3 Å². The van der Waals surface area contributed by atoms with Crippen LogP contribution in [0.3, 0.4) is 0 Å². The molecule has 0 bridgehead atoms. The lowest BCUT2D eigenvalue weighted by atomic mass is 10.0. The van der Waals surface area contributed by atoms with E-state index < -0.39 is 6.69 Å². The number of hydrogen-bond acceptors (Lipinski definition) is 2. The van der Waals surface area contributed by atoms with Crippen LogP contribution in [-0.2, 0) is 9.53 Å². The summed E-state index contributed by atoms with van der Waals surface area (Å²) >= 11 is 3.86. The lowest BCUT2D eigenvalue weighted by Gasteiger charge is -2.12. The van der Waals surface area contributed by atoms with Crippen LogP contribution in [0.4, 0.5) is 0 Å². The molecule has 0 saturated carbocycles. The number of halogens is 1. The molecule has 0 aromatic carbocycles. The van der Waals surface area contributed by atoms with Gasteiger partial charge in [-0.25, -0.2) is 4.79 Å². The van der Waals surface area contributed by atoms with Crippen molar-refractivity contribution < 1.29 is 9.53 Å². The van der Waals surface area contributed by atoms with Crippen LogP contribution in [0.5, 0.6) is 0 Å². The highest BCUT2D eigenvalue weighted by Gasteiger charge is 2.14. The molecule has 2 nitrogen and oxygen atoms in total. The first-order valence-corrected chi connectivity index (χ1v) is 16.9. The van der Waals surface area contributed by atoms with Crippen LogP contribution in [0.2, 0.25) is 19.1 Å². The average molecular weight is 462 g/mol. The molecule has 0 radical (unpaired) electrons. The number of rotatable bonds is 20. The lowest BCUT2D eigenvalue weighted by molar-refractivity contribution is -0.137. The van der Waals surface area contributed by atoms with Crippen molar-refractivity contribution in [3.8, 4) is 0 Å². The Bertz CT molecular complexity index is 353. The fourth-order valence-corrected chi connectivity index (χ4v) is 5.29. The van der Waals surface area contributed by atoms with E-state index in [9.17, 15) is 4.79 Å². The molecule has 0 aromatic heterocycles. The summed E-state index contributed by atoms with van der Waals surface area (Å²) in [5.74, 6) is -0.300. The molecule has 160 valence electrons. The summed E-state index contributed by atoms with van der Waals surface area (Å²) < 4.78 is 4.97. The van der Waals surface area contributed by atoms with E-state index in [0.29, 0.717) is 6.61 Å². The minimum Gasteiger partial charge on any atom is -0.463 e. The summed E-state index contributed by atoms with van der Waals surface area (Å²) in [5, 5.41) is 0. The molecule has 0 amide bonds. The third-order valence-electron chi connectivity index (χ3n) is 5.08. The molecule has 0 saturated heterocycles. The van der Waals surface area contributed by atoms with Gasteiger partial charge in [0.2, 0.25) is 0 Å². The molecule has 0 aliphatic rings. The van der Waals surface area contributed by atoms with E-state index in [1.54, 1.807) is 0 Å². The Morgan fingerprint density at radius 1 is 0.741 bits per heavy atom. The highest BCUT2D eigenvalue weighted by molar-refractivity contribution is 9.26. The molecule has 4 heteroatoms. The van der Waals surface area contributed by atoms with Gasteiger partial charge in [0.05, 0.1) is 6.61 Å². The Morgan fingerprint density at radius 2 is 1.07 bits per heavy atom. The van der Waals surface area contributed by atoms with Gasteiger partial charge in [-0.3, -0.25) is 0 Å². The van der Waals surface area contributed by atoms with E-state index >= 15 is 0 Å². The molecule has 0 aliphatic heterocycles. The van der Waals surface area contributed by atoms with Crippen LogP contribution in [0.25, 0.3) is 0 Å². The van der Waals surface area contributed by atoms with Gasteiger partial charge < -0.3 is 4.74 Å². The maximum absolute atomic E-state index is 10.9. The smallest absolute Gasteiger partial charge is 0.330 e. The maximum atomic E-state index is 10.9. The minimum absolute atomic E-state index is 0.300. The second-order valence-electron chi connectivity index (χ2n) is 8.50. The predicted octanol–water partition coefficient (Wildman–Crippen LogP) is 8.56. The zero-order valence-corrected chi connectivity index (χ0v) is 20.8. The van der Waals surface area contributed by atoms with Crippen molar-refractivity contribution in [1.29, 1.82) is 0 Å². The van der Waals surface area contributed by atoms with Gasteiger partial charge in [0.1, 0.15) is 6.69 Å². The summed E-state index contributed by atoms with van der Waals surface area (Å²) in [6.45, 7) is 7.76. The lowest BCUT2D eigenvalue weighted by Crippen LogP contribution is -2.13. The van der Waals surface area contributed by atoms with Gasteiger partial charge in [-0.1, -0.05) is 116 Å². The van der Waals surface area contributed by atoms with Crippen molar-refractivity contribution in [1.82, 2.24) is 0 Å². The fraction of sp³-hybridized carbons (Fsp3) is 0.870. The number of esters is 1. The van der Waals surface area contributed by atoms with Crippen LogP contribution >= 0.6 is 15.3 Å². The van der Waals surface area contributed by atoms with Gasteiger partial charge >= 0.3 is 5.97 Å². The Morgan fingerprint density at radius 3 is 1.41 bits per heavy atom. The summed E-state index contributed by atoms with van der Waals surface area (Å²) in [5.41, 5.74) is 0. The first-order chi connectivity index (χ1) is 13.0. The van der Waals surface area contributed by atoms with Crippen molar-refractivity contribution in [3.63, 3.8) is 0 Å².